The van der Waals surface area contributed by atoms with Gasteiger partial charge in [-0.15, -0.1) is 0 Å². The van der Waals surface area contributed by atoms with Crippen LogP contribution in [0.3, 0.4) is 0 Å². The summed E-state index contributed by atoms with van der Waals surface area (Å²) in [6, 6.07) is 7.04. The van der Waals surface area contributed by atoms with Crippen LogP contribution in [-0.2, 0) is 15.5 Å². The number of esters is 1. The number of benzene rings is 1. The summed E-state index contributed by atoms with van der Waals surface area (Å²) in [4.78, 5) is 12.8. The van der Waals surface area contributed by atoms with Gasteiger partial charge in [0.25, 0.3) is 0 Å². The Morgan fingerprint density at radius 2 is 1.95 bits per heavy atom. The molecule has 3 nitrogen and oxygen atoms in total. The Labute approximate surface area is 123 Å². The van der Waals surface area contributed by atoms with Crippen LogP contribution in [0.15, 0.2) is 29.2 Å². The van der Waals surface area contributed by atoms with Gasteiger partial charge in [-0.05, 0) is 30.9 Å². The lowest BCUT2D eigenvalue weighted by Gasteiger charge is -2.21. The highest BCUT2D eigenvalue weighted by molar-refractivity contribution is 7.85. The maximum atomic E-state index is 12.2. The number of rotatable bonds is 5. The van der Waals surface area contributed by atoms with Gasteiger partial charge in [0.15, 0.2) is 0 Å². The van der Waals surface area contributed by atoms with E-state index in [0.717, 1.165) is 12.8 Å². The quantitative estimate of drug-likeness (QED) is 0.780. The van der Waals surface area contributed by atoms with E-state index in [1.807, 2.05) is 6.92 Å². The first-order valence-corrected chi connectivity index (χ1v) is 8.68. The highest BCUT2D eigenvalue weighted by Crippen LogP contribution is 2.24. The molecule has 0 radical (unpaired) electrons. The van der Waals surface area contributed by atoms with Gasteiger partial charge >= 0.3 is 5.97 Å². The summed E-state index contributed by atoms with van der Waals surface area (Å²) in [5.41, 5.74) is 0.448. The number of ether oxygens (including phenoxy) is 1. The minimum absolute atomic E-state index is 0.340. The van der Waals surface area contributed by atoms with Crippen LogP contribution < -0.4 is 0 Å². The average Bonchev–Trinajstić information content (AvgIpc) is 2.52. The third-order valence-corrected chi connectivity index (χ3v) is 5.16. The Morgan fingerprint density at radius 3 is 2.65 bits per heavy atom. The summed E-state index contributed by atoms with van der Waals surface area (Å²) >= 11 is 0. The lowest BCUT2D eigenvalue weighted by atomic mass is 9.90. The van der Waals surface area contributed by atoms with Gasteiger partial charge < -0.3 is 4.74 Å². The fourth-order valence-electron chi connectivity index (χ4n) is 2.61. The molecule has 0 saturated heterocycles. The van der Waals surface area contributed by atoms with Gasteiger partial charge in [-0.2, -0.15) is 0 Å². The Bertz CT molecular complexity index is 478. The van der Waals surface area contributed by atoms with Gasteiger partial charge in [0.2, 0.25) is 0 Å². The van der Waals surface area contributed by atoms with Crippen LogP contribution in [0.1, 0.15) is 49.4 Å². The van der Waals surface area contributed by atoms with E-state index in [9.17, 15) is 9.00 Å². The van der Waals surface area contributed by atoms with E-state index in [1.165, 1.54) is 19.3 Å². The fourth-order valence-corrected chi connectivity index (χ4v) is 3.55. The Hall–Kier alpha value is -1.16. The Morgan fingerprint density at radius 1 is 1.25 bits per heavy atom. The third-order valence-electron chi connectivity index (χ3n) is 3.79. The molecule has 0 N–H and O–H groups in total. The van der Waals surface area contributed by atoms with Crippen molar-refractivity contribution in [3.63, 3.8) is 0 Å². The molecular weight excluding hydrogens is 272 g/mol. The molecule has 1 aromatic carbocycles. The lowest BCUT2D eigenvalue weighted by Crippen LogP contribution is -2.18. The fraction of sp³-hybridized carbons (Fsp3) is 0.562. The highest BCUT2D eigenvalue weighted by atomic mass is 32.2. The minimum Gasteiger partial charge on any atom is -0.462 e. The van der Waals surface area contributed by atoms with Gasteiger partial charge in [-0.25, -0.2) is 4.79 Å². The molecule has 0 spiro atoms. The summed E-state index contributed by atoms with van der Waals surface area (Å²) in [6.45, 7) is 2.34. The minimum atomic E-state index is -1.13. The summed E-state index contributed by atoms with van der Waals surface area (Å²) < 4.78 is 17.4. The van der Waals surface area contributed by atoms with Crippen LogP contribution >= 0.6 is 0 Å². The molecule has 1 saturated carbocycles. The first kappa shape index (κ1) is 15.2. The molecule has 0 aromatic heterocycles. The molecule has 1 aromatic rings. The molecule has 1 aliphatic carbocycles. The van der Waals surface area contributed by atoms with Crippen molar-refractivity contribution in [2.24, 2.45) is 5.92 Å². The lowest BCUT2D eigenvalue weighted by molar-refractivity contribution is 0.0406. The average molecular weight is 294 g/mol. The smallest absolute Gasteiger partial charge is 0.339 e. The molecule has 1 atom stereocenters. The van der Waals surface area contributed by atoms with Crippen LogP contribution in [0.4, 0.5) is 0 Å². The maximum Gasteiger partial charge on any atom is 0.339 e. The molecule has 1 aliphatic rings. The van der Waals surface area contributed by atoms with Gasteiger partial charge in [-0.3, -0.25) is 4.21 Å². The maximum absolute atomic E-state index is 12.2. The molecule has 0 aliphatic heterocycles. The molecule has 20 heavy (non-hydrogen) atoms. The van der Waals surface area contributed by atoms with Gasteiger partial charge in [0, 0.05) is 5.75 Å². The van der Waals surface area contributed by atoms with Crippen molar-refractivity contribution in [1.29, 1.82) is 0 Å². The van der Waals surface area contributed by atoms with E-state index in [2.05, 4.69) is 0 Å². The van der Waals surface area contributed by atoms with Gasteiger partial charge in [-0.1, -0.05) is 38.3 Å². The molecule has 110 valence electrons. The molecular formula is C16H22O3S. The second-order valence-corrected chi connectivity index (χ2v) is 6.94. The van der Waals surface area contributed by atoms with Crippen molar-refractivity contribution in [1.82, 2.24) is 0 Å². The highest BCUT2D eigenvalue weighted by Gasteiger charge is 2.19. The zero-order valence-corrected chi connectivity index (χ0v) is 12.8. The van der Waals surface area contributed by atoms with Crippen molar-refractivity contribution < 1.29 is 13.7 Å². The molecule has 4 heteroatoms. The zero-order chi connectivity index (χ0) is 14.4. The number of hydrogen-bond donors (Lipinski definition) is 0. The number of hydrogen-bond acceptors (Lipinski definition) is 3. The normalized spacial score (nSPS) is 17.6. The Kier molecular flexibility index (Phi) is 5.77. The van der Waals surface area contributed by atoms with Crippen LogP contribution in [-0.4, -0.2) is 22.5 Å². The van der Waals surface area contributed by atoms with Crippen molar-refractivity contribution in [3.8, 4) is 0 Å². The monoisotopic (exact) mass is 294 g/mol. The first-order chi connectivity index (χ1) is 9.72. The molecule has 0 heterocycles. The predicted octanol–water partition coefficient (Wildman–Crippen LogP) is 3.55. The second kappa shape index (κ2) is 7.58. The first-order valence-electron chi connectivity index (χ1n) is 7.37. The SMILES string of the molecule is CCS(=O)c1ccccc1C(=O)OCC1CCCCC1. The molecule has 0 bridgehead atoms. The molecule has 0 amide bonds. The topological polar surface area (TPSA) is 43.4 Å². The van der Waals surface area contributed by atoms with Crippen molar-refractivity contribution in [2.75, 3.05) is 12.4 Å². The van der Waals surface area contributed by atoms with Crippen LogP contribution in [0.2, 0.25) is 0 Å². The van der Waals surface area contributed by atoms with E-state index < -0.39 is 10.8 Å². The van der Waals surface area contributed by atoms with E-state index in [4.69, 9.17) is 4.74 Å². The summed E-state index contributed by atoms with van der Waals surface area (Å²) in [7, 11) is -1.13. The zero-order valence-electron chi connectivity index (χ0n) is 12.0. The van der Waals surface area contributed by atoms with E-state index >= 15 is 0 Å². The third kappa shape index (κ3) is 3.92. The van der Waals surface area contributed by atoms with Crippen LogP contribution in [0, 0.1) is 5.92 Å². The van der Waals surface area contributed by atoms with Gasteiger partial charge in [0.1, 0.15) is 0 Å². The van der Waals surface area contributed by atoms with E-state index in [1.54, 1.807) is 24.3 Å². The summed E-state index contributed by atoms with van der Waals surface area (Å²) in [5, 5.41) is 0. The second-order valence-electron chi connectivity index (χ2n) is 5.23. The molecule has 2 rings (SSSR count). The van der Waals surface area contributed by atoms with Crippen molar-refractivity contribution in [3.05, 3.63) is 29.8 Å². The predicted molar refractivity (Wildman–Crippen MR) is 80.2 cm³/mol. The van der Waals surface area contributed by atoms with Crippen LogP contribution in [0.5, 0.6) is 0 Å². The number of carbonyl (C=O) groups is 1. The van der Waals surface area contributed by atoms with Gasteiger partial charge in [0.05, 0.1) is 27.9 Å². The Balaban J connectivity index is 1.99. The summed E-state index contributed by atoms with van der Waals surface area (Å²) in [5.74, 6) is 0.664. The molecule has 1 fully saturated rings. The number of carbonyl (C=O) groups excluding carboxylic acids is 1. The van der Waals surface area contributed by atoms with Crippen molar-refractivity contribution >= 4 is 16.8 Å². The van der Waals surface area contributed by atoms with Crippen LogP contribution in [0.25, 0.3) is 0 Å². The standard InChI is InChI=1S/C16H22O3S/c1-2-20(18)15-11-7-6-10-14(15)16(17)19-12-13-8-4-3-5-9-13/h6-7,10-11,13H,2-5,8-9,12H2,1H3. The van der Waals surface area contributed by atoms with E-state index in [0.29, 0.717) is 28.7 Å². The largest absolute Gasteiger partial charge is 0.462 e. The van der Waals surface area contributed by atoms with E-state index in [-0.39, 0.29) is 5.97 Å². The summed E-state index contributed by atoms with van der Waals surface area (Å²) in [6.07, 6.45) is 6.06. The van der Waals surface area contributed by atoms with Crippen molar-refractivity contribution in [2.45, 2.75) is 43.9 Å². The molecule has 1 unspecified atom stereocenters.